The fraction of sp³-hybridized carbons (Fsp3) is 0.900. The summed E-state index contributed by atoms with van der Waals surface area (Å²) in [6.45, 7) is 6.12. The predicted molar refractivity (Wildman–Crippen MR) is 58.7 cm³/mol. The molecule has 0 radical (unpaired) electrons. The Hall–Kier alpha value is -0.620. The highest BCUT2D eigenvalue weighted by Crippen LogP contribution is 2.44. The molecule has 2 heterocycles. The Kier molecular flexibility index (Phi) is 2.37. The van der Waals surface area contributed by atoms with Crippen molar-refractivity contribution in [2.45, 2.75) is 31.6 Å². The maximum Gasteiger partial charge on any atom is 0.316 e. The average Bonchev–Trinajstić information content (AvgIpc) is 2.41. The maximum atomic E-state index is 12.0. The molecule has 92 valence electrons. The number of nitrogens with one attached hydrogen (secondary N) is 1. The number of hydrogen-bond acceptors (Lipinski definition) is 5. The third kappa shape index (κ3) is 1.64. The lowest BCUT2D eigenvalue weighted by Gasteiger charge is -2.41. The summed E-state index contributed by atoms with van der Waals surface area (Å²) < 4.78 is 28.4. The van der Waals surface area contributed by atoms with Crippen molar-refractivity contribution in [1.82, 2.24) is 5.32 Å². The standard InChI is InChI=1S/C10H17NO4S/c1-9(2,3)15-8(12)10-5-11-4-7(10)16(13,14)6-10/h7,11H,4-6H2,1-3H3/t7-,10+/m0/s1. The lowest BCUT2D eigenvalue weighted by atomic mass is 9.87. The number of fused-ring (bicyclic) bond motifs is 1. The molecule has 2 atom stereocenters. The molecule has 0 aromatic rings. The van der Waals surface area contributed by atoms with Crippen LogP contribution in [0.5, 0.6) is 0 Å². The van der Waals surface area contributed by atoms with Crippen molar-refractivity contribution in [2.75, 3.05) is 18.8 Å². The number of esters is 1. The van der Waals surface area contributed by atoms with E-state index in [1.807, 2.05) is 0 Å². The van der Waals surface area contributed by atoms with E-state index >= 15 is 0 Å². The van der Waals surface area contributed by atoms with E-state index in [-0.39, 0.29) is 11.7 Å². The fourth-order valence-corrected chi connectivity index (χ4v) is 4.72. The summed E-state index contributed by atoms with van der Waals surface area (Å²) in [5.41, 5.74) is -1.40. The molecule has 16 heavy (non-hydrogen) atoms. The summed E-state index contributed by atoms with van der Waals surface area (Å²) in [5, 5.41) is 2.38. The van der Waals surface area contributed by atoms with Crippen LogP contribution in [-0.4, -0.2) is 44.1 Å². The summed E-state index contributed by atoms with van der Waals surface area (Å²) in [4.78, 5) is 12.0. The van der Waals surface area contributed by atoms with Gasteiger partial charge >= 0.3 is 5.97 Å². The maximum absolute atomic E-state index is 12.0. The SMILES string of the molecule is CC(C)(C)OC(=O)[C@@]12CNC[C@@H]1S(=O)(=O)C2. The van der Waals surface area contributed by atoms with Crippen molar-refractivity contribution in [3.8, 4) is 0 Å². The van der Waals surface area contributed by atoms with Crippen LogP contribution in [0.15, 0.2) is 0 Å². The molecule has 2 aliphatic heterocycles. The first kappa shape index (κ1) is 11.9. The van der Waals surface area contributed by atoms with Crippen molar-refractivity contribution in [2.24, 2.45) is 5.41 Å². The number of ether oxygens (including phenoxy) is 1. The van der Waals surface area contributed by atoms with Crippen LogP contribution in [0, 0.1) is 5.41 Å². The van der Waals surface area contributed by atoms with Gasteiger partial charge in [-0.2, -0.15) is 0 Å². The molecule has 0 aromatic heterocycles. The molecule has 0 aromatic carbocycles. The molecule has 6 heteroatoms. The monoisotopic (exact) mass is 247 g/mol. The molecule has 0 bridgehead atoms. The summed E-state index contributed by atoms with van der Waals surface area (Å²) in [6, 6.07) is 0. The molecule has 0 aliphatic carbocycles. The molecule has 0 unspecified atom stereocenters. The minimum Gasteiger partial charge on any atom is -0.459 e. The first-order valence-corrected chi connectivity index (χ1v) is 7.05. The Bertz CT molecular complexity index is 423. The molecule has 2 rings (SSSR count). The van der Waals surface area contributed by atoms with Gasteiger partial charge < -0.3 is 10.1 Å². The van der Waals surface area contributed by atoms with Crippen LogP contribution in [0.25, 0.3) is 0 Å². The summed E-state index contributed by atoms with van der Waals surface area (Å²) >= 11 is 0. The van der Waals surface area contributed by atoms with E-state index in [4.69, 9.17) is 4.74 Å². The van der Waals surface area contributed by atoms with E-state index in [1.54, 1.807) is 20.8 Å². The minimum absolute atomic E-state index is 0.0768. The smallest absolute Gasteiger partial charge is 0.316 e. The summed E-state index contributed by atoms with van der Waals surface area (Å²) in [5.74, 6) is -0.461. The second-order valence-corrected chi connectivity index (χ2v) is 7.77. The molecule has 0 spiro atoms. The lowest BCUT2D eigenvalue weighted by molar-refractivity contribution is -0.165. The Morgan fingerprint density at radius 3 is 2.56 bits per heavy atom. The molecule has 0 saturated carbocycles. The topological polar surface area (TPSA) is 72.5 Å². The molecule has 2 saturated heterocycles. The Balaban J connectivity index is 2.19. The zero-order chi connectivity index (χ0) is 12.2. The third-order valence-corrected chi connectivity index (χ3v) is 5.49. The van der Waals surface area contributed by atoms with Gasteiger partial charge in [0, 0.05) is 13.1 Å². The highest BCUT2D eigenvalue weighted by molar-refractivity contribution is 7.93. The second-order valence-electron chi connectivity index (χ2n) is 5.58. The Labute approximate surface area is 95.5 Å². The van der Waals surface area contributed by atoms with Gasteiger partial charge in [-0.25, -0.2) is 8.42 Å². The highest BCUT2D eigenvalue weighted by atomic mass is 32.2. The van der Waals surface area contributed by atoms with Gasteiger partial charge in [-0.1, -0.05) is 0 Å². The molecule has 0 amide bonds. The van der Waals surface area contributed by atoms with E-state index in [9.17, 15) is 13.2 Å². The zero-order valence-electron chi connectivity index (χ0n) is 9.74. The van der Waals surface area contributed by atoms with E-state index in [0.29, 0.717) is 13.1 Å². The number of rotatable bonds is 1. The number of carbonyl (C=O) groups is 1. The van der Waals surface area contributed by atoms with Crippen LogP contribution in [0.2, 0.25) is 0 Å². The van der Waals surface area contributed by atoms with Crippen molar-refractivity contribution in [3.05, 3.63) is 0 Å². The van der Waals surface area contributed by atoms with E-state index in [0.717, 1.165) is 0 Å². The van der Waals surface area contributed by atoms with Gasteiger partial charge in [0.2, 0.25) is 0 Å². The second kappa shape index (κ2) is 3.20. The van der Waals surface area contributed by atoms with Crippen LogP contribution in [0.3, 0.4) is 0 Å². The van der Waals surface area contributed by atoms with Crippen molar-refractivity contribution in [1.29, 1.82) is 0 Å². The normalized spacial score (nSPS) is 36.3. The number of sulfone groups is 1. The van der Waals surface area contributed by atoms with E-state index in [1.165, 1.54) is 0 Å². The number of carbonyl (C=O) groups excluding carboxylic acids is 1. The van der Waals surface area contributed by atoms with Crippen LogP contribution in [0.4, 0.5) is 0 Å². The van der Waals surface area contributed by atoms with Gasteiger partial charge in [-0.3, -0.25) is 4.79 Å². The van der Waals surface area contributed by atoms with Gasteiger partial charge in [-0.15, -0.1) is 0 Å². The van der Waals surface area contributed by atoms with Crippen molar-refractivity contribution >= 4 is 15.8 Å². The van der Waals surface area contributed by atoms with Gasteiger partial charge in [0.25, 0.3) is 0 Å². The molecule has 2 fully saturated rings. The quantitative estimate of drug-likeness (QED) is 0.645. The predicted octanol–water partition coefficient (Wildman–Crippen LogP) is -0.285. The molecule has 5 nitrogen and oxygen atoms in total. The average molecular weight is 247 g/mol. The fourth-order valence-electron chi connectivity index (χ4n) is 2.35. The van der Waals surface area contributed by atoms with Gasteiger partial charge in [0.15, 0.2) is 9.84 Å². The Morgan fingerprint density at radius 2 is 2.06 bits per heavy atom. The van der Waals surface area contributed by atoms with Gasteiger partial charge in [0.1, 0.15) is 11.0 Å². The van der Waals surface area contributed by atoms with Crippen LogP contribution in [-0.2, 0) is 19.4 Å². The van der Waals surface area contributed by atoms with E-state index in [2.05, 4.69) is 5.32 Å². The van der Waals surface area contributed by atoms with Gasteiger partial charge in [0.05, 0.1) is 11.0 Å². The minimum atomic E-state index is -3.08. The Morgan fingerprint density at radius 1 is 1.44 bits per heavy atom. The van der Waals surface area contributed by atoms with Crippen LogP contribution < -0.4 is 5.32 Å². The molecular weight excluding hydrogens is 230 g/mol. The third-order valence-electron chi connectivity index (χ3n) is 3.08. The van der Waals surface area contributed by atoms with Crippen molar-refractivity contribution in [3.63, 3.8) is 0 Å². The zero-order valence-corrected chi connectivity index (χ0v) is 10.6. The first-order chi connectivity index (χ1) is 7.17. The van der Waals surface area contributed by atoms with Crippen LogP contribution >= 0.6 is 0 Å². The molecule has 1 N–H and O–H groups in total. The number of hydrogen-bond donors (Lipinski definition) is 1. The summed E-state index contributed by atoms with van der Waals surface area (Å²) in [7, 11) is -3.08. The molecular formula is C10H17NO4S. The molecule has 2 aliphatic rings. The van der Waals surface area contributed by atoms with Crippen molar-refractivity contribution < 1.29 is 17.9 Å². The van der Waals surface area contributed by atoms with E-state index < -0.39 is 26.1 Å². The lowest BCUT2D eigenvalue weighted by Crippen LogP contribution is -2.62. The first-order valence-electron chi connectivity index (χ1n) is 5.33. The highest BCUT2D eigenvalue weighted by Gasteiger charge is 2.66. The summed E-state index contributed by atoms with van der Waals surface area (Å²) in [6.07, 6.45) is 0. The van der Waals surface area contributed by atoms with Gasteiger partial charge in [-0.05, 0) is 20.8 Å². The van der Waals surface area contributed by atoms with Crippen LogP contribution in [0.1, 0.15) is 20.8 Å². The largest absolute Gasteiger partial charge is 0.459 e.